The molecule has 0 saturated carbocycles. The lowest BCUT2D eigenvalue weighted by Crippen LogP contribution is -2.20. The molecule has 0 radical (unpaired) electrons. The molecule has 1 aromatic carbocycles. The maximum Gasteiger partial charge on any atom is 0.241 e. The van der Waals surface area contributed by atoms with Crippen LogP contribution in [0.5, 0.6) is 0 Å². The van der Waals surface area contributed by atoms with Crippen LogP contribution in [0.25, 0.3) is 0 Å². The molecule has 76 valence electrons. The smallest absolute Gasteiger partial charge is 0.241 e. The molecule has 0 atom stereocenters. The van der Waals surface area contributed by atoms with Gasteiger partial charge in [0.15, 0.2) is 0 Å². The van der Waals surface area contributed by atoms with Crippen molar-refractivity contribution in [2.45, 2.75) is 26.7 Å². The standard InChI is InChI=1S/C11H14ClNO/c1-3-6-11(14)13(12)10-8-5-4-7-9(10)2/h4-5,7-8H,3,6H2,1-2H3. The van der Waals surface area contributed by atoms with Gasteiger partial charge in [-0.15, -0.1) is 0 Å². The zero-order valence-corrected chi connectivity index (χ0v) is 9.21. The van der Waals surface area contributed by atoms with Crippen molar-refractivity contribution < 1.29 is 4.79 Å². The molecule has 0 bridgehead atoms. The van der Waals surface area contributed by atoms with Crippen molar-refractivity contribution in [1.29, 1.82) is 0 Å². The Morgan fingerprint density at radius 3 is 2.64 bits per heavy atom. The van der Waals surface area contributed by atoms with E-state index in [0.29, 0.717) is 6.42 Å². The summed E-state index contributed by atoms with van der Waals surface area (Å²) in [4.78, 5) is 11.5. The van der Waals surface area contributed by atoms with Crippen LogP contribution in [0.1, 0.15) is 25.3 Å². The normalized spacial score (nSPS) is 9.93. The van der Waals surface area contributed by atoms with E-state index < -0.39 is 0 Å². The molecular weight excluding hydrogens is 198 g/mol. The van der Waals surface area contributed by atoms with E-state index in [0.717, 1.165) is 17.7 Å². The predicted octanol–water partition coefficient (Wildman–Crippen LogP) is 3.28. The van der Waals surface area contributed by atoms with Gasteiger partial charge in [0.05, 0.1) is 5.69 Å². The van der Waals surface area contributed by atoms with Gasteiger partial charge < -0.3 is 0 Å². The summed E-state index contributed by atoms with van der Waals surface area (Å²) in [5, 5.41) is 0. The zero-order chi connectivity index (χ0) is 10.6. The molecule has 1 rings (SSSR count). The lowest BCUT2D eigenvalue weighted by molar-refractivity contribution is -0.117. The molecule has 1 aromatic rings. The van der Waals surface area contributed by atoms with Crippen molar-refractivity contribution in [3.8, 4) is 0 Å². The van der Waals surface area contributed by atoms with Crippen molar-refractivity contribution in [3.05, 3.63) is 29.8 Å². The number of rotatable bonds is 3. The highest BCUT2D eigenvalue weighted by Crippen LogP contribution is 2.22. The van der Waals surface area contributed by atoms with Crippen molar-refractivity contribution in [1.82, 2.24) is 0 Å². The average Bonchev–Trinajstić information content (AvgIpc) is 2.18. The van der Waals surface area contributed by atoms with Crippen LogP contribution in [0.15, 0.2) is 24.3 Å². The molecule has 0 N–H and O–H groups in total. The summed E-state index contributed by atoms with van der Waals surface area (Å²) in [6.45, 7) is 3.89. The Morgan fingerprint density at radius 2 is 2.07 bits per heavy atom. The van der Waals surface area contributed by atoms with Crippen molar-refractivity contribution in [2.24, 2.45) is 0 Å². The molecule has 0 saturated heterocycles. The second kappa shape index (κ2) is 5.01. The summed E-state index contributed by atoms with van der Waals surface area (Å²) < 4.78 is 1.21. The van der Waals surface area contributed by atoms with Crippen LogP contribution in [0.2, 0.25) is 0 Å². The second-order valence-electron chi connectivity index (χ2n) is 3.21. The first-order chi connectivity index (χ1) is 6.66. The lowest BCUT2D eigenvalue weighted by atomic mass is 10.2. The molecule has 3 heteroatoms. The second-order valence-corrected chi connectivity index (χ2v) is 3.55. The fourth-order valence-corrected chi connectivity index (χ4v) is 1.50. The number of benzene rings is 1. The Labute approximate surface area is 89.6 Å². The van der Waals surface area contributed by atoms with Crippen LogP contribution in [0.3, 0.4) is 0 Å². The van der Waals surface area contributed by atoms with Gasteiger partial charge in [0, 0.05) is 18.2 Å². The molecule has 14 heavy (non-hydrogen) atoms. The number of aryl methyl sites for hydroxylation is 1. The zero-order valence-electron chi connectivity index (χ0n) is 8.46. The molecule has 0 aliphatic heterocycles. The van der Waals surface area contributed by atoms with Crippen LogP contribution >= 0.6 is 11.8 Å². The highest BCUT2D eigenvalue weighted by Gasteiger charge is 2.13. The Hall–Kier alpha value is -1.02. The maximum atomic E-state index is 11.5. The molecule has 0 aromatic heterocycles. The summed E-state index contributed by atoms with van der Waals surface area (Å²) in [7, 11) is 0. The number of halogens is 1. The minimum absolute atomic E-state index is 0.0523. The number of hydrogen-bond donors (Lipinski definition) is 0. The van der Waals surface area contributed by atoms with E-state index in [2.05, 4.69) is 0 Å². The summed E-state index contributed by atoms with van der Waals surface area (Å²) in [5.74, 6) is -0.0523. The molecule has 0 aliphatic rings. The van der Waals surface area contributed by atoms with Crippen molar-refractivity contribution in [2.75, 3.05) is 4.42 Å². The van der Waals surface area contributed by atoms with E-state index in [1.54, 1.807) is 0 Å². The Balaban J connectivity index is 2.84. The van der Waals surface area contributed by atoms with Gasteiger partial charge in [0.25, 0.3) is 0 Å². The van der Waals surface area contributed by atoms with Gasteiger partial charge in [-0.1, -0.05) is 25.1 Å². The monoisotopic (exact) mass is 211 g/mol. The highest BCUT2D eigenvalue weighted by atomic mass is 35.5. The molecule has 2 nitrogen and oxygen atoms in total. The van der Waals surface area contributed by atoms with Crippen LogP contribution in [0, 0.1) is 6.92 Å². The molecule has 0 spiro atoms. The fourth-order valence-electron chi connectivity index (χ4n) is 1.23. The van der Waals surface area contributed by atoms with Gasteiger partial charge in [0.2, 0.25) is 5.91 Å². The van der Waals surface area contributed by atoms with Gasteiger partial charge in [-0.25, -0.2) is 4.42 Å². The van der Waals surface area contributed by atoms with Gasteiger partial charge in [-0.05, 0) is 25.0 Å². The largest absolute Gasteiger partial charge is 0.273 e. The minimum Gasteiger partial charge on any atom is -0.273 e. The molecular formula is C11H14ClNO. The van der Waals surface area contributed by atoms with E-state index in [9.17, 15) is 4.79 Å². The number of carbonyl (C=O) groups excluding carboxylic acids is 1. The number of carbonyl (C=O) groups is 1. The van der Waals surface area contributed by atoms with E-state index in [1.807, 2.05) is 38.1 Å². The van der Waals surface area contributed by atoms with Gasteiger partial charge in [-0.3, -0.25) is 4.79 Å². The first-order valence-corrected chi connectivity index (χ1v) is 5.05. The van der Waals surface area contributed by atoms with Gasteiger partial charge in [-0.2, -0.15) is 0 Å². The first kappa shape index (κ1) is 11.1. The number of amides is 1. The third-order valence-electron chi connectivity index (χ3n) is 2.01. The Kier molecular flexibility index (Phi) is 3.96. The van der Waals surface area contributed by atoms with E-state index in [-0.39, 0.29) is 5.91 Å². The predicted molar refractivity (Wildman–Crippen MR) is 59.4 cm³/mol. The number of para-hydroxylation sites is 1. The lowest BCUT2D eigenvalue weighted by Gasteiger charge is -2.15. The summed E-state index contributed by atoms with van der Waals surface area (Å²) in [5.41, 5.74) is 1.78. The van der Waals surface area contributed by atoms with E-state index >= 15 is 0 Å². The maximum absolute atomic E-state index is 11.5. The average molecular weight is 212 g/mol. The van der Waals surface area contributed by atoms with Crippen LogP contribution < -0.4 is 4.42 Å². The third kappa shape index (κ3) is 2.48. The number of anilines is 1. The van der Waals surface area contributed by atoms with Crippen molar-refractivity contribution in [3.63, 3.8) is 0 Å². The SMILES string of the molecule is CCCC(=O)N(Cl)c1ccccc1C. The summed E-state index contributed by atoms with van der Waals surface area (Å²) >= 11 is 5.92. The van der Waals surface area contributed by atoms with Crippen LogP contribution in [0.4, 0.5) is 5.69 Å². The molecule has 0 fully saturated rings. The molecule has 0 heterocycles. The third-order valence-corrected chi connectivity index (χ3v) is 2.38. The van der Waals surface area contributed by atoms with E-state index in [1.165, 1.54) is 4.42 Å². The minimum atomic E-state index is -0.0523. The summed E-state index contributed by atoms with van der Waals surface area (Å²) in [6, 6.07) is 7.57. The fraction of sp³-hybridized carbons (Fsp3) is 0.364. The molecule has 1 amide bonds. The molecule has 0 aliphatic carbocycles. The van der Waals surface area contributed by atoms with Crippen molar-refractivity contribution >= 4 is 23.4 Å². The summed E-state index contributed by atoms with van der Waals surface area (Å²) in [6.07, 6.45) is 1.30. The van der Waals surface area contributed by atoms with Gasteiger partial charge in [0.1, 0.15) is 0 Å². The van der Waals surface area contributed by atoms with Crippen LogP contribution in [-0.2, 0) is 4.79 Å². The quantitative estimate of drug-likeness (QED) is 0.703. The Morgan fingerprint density at radius 1 is 1.43 bits per heavy atom. The van der Waals surface area contributed by atoms with Crippen LogP contribution in [-0.4, -0.2) is 5.91 Å². The van der Waals surface area contributed by atoms with E-state index in [4.69, 9.17) is 11.8 Å². The number of nitrogens with zero attached hydrogens (tertiary/aromatic N) is 1. The highest BCUT2D eigenvalue weighted by molar-refractivity contribution is 6.36. The number of hydrogen-bond acceptors (Lipinski definition) is 1. The van der Waals surface area contributed by atoms with Gasteiger partial charge >= 0.3 is 0 Å². The molecule has 0 unspecified atom stereocenters. The Bertz CT molecular complexity index is 325. The first-order valence-electron chi connectivity index (χ1n) is 4.71. The topological polar surface area (TPSA) is 20.3 Å².